The molecule has 110 valence electrons. The van der Waals surface area contributed by atoms with Crippen LogP contribution in [-0.2, 0) is 6.42 Å². The van der Waals surface area contributed by atoms with Gasteiger partial charge in [0.2, 0.25) is 5.95 Å². The summed E-state index contributed by atoms with van der Waals surface area (Å²) in [5.74, 6) is -4.18. The minimum atomic E-state index is -4.13. The molecule has 2 aromatic rings. The zero-order valence-electron chi connectivity index (χ0n) is 10.5. The van der Waals surface area contributed by atoms with Crippen LogP contribution in [0.2, 0.25) is 0 Å². The van der Waals surface area contributed by atoms with Crippen LogP contribution in [-0.4, -0.2) is 28.9 Å². The van der Waals surface area contributed by atoms with Gasteiger partial charge in [-0.25, -0.2) is 13.8 Å². The van der Waals surface area contributed by atoms with Gasteiger partial charge in [0.15, 0.2) is 0 Å². The third-order valence-electron chi connectivity index (χ3n) is 2.62. The molecular formula is C11H12F4N4S. The van der Waals surface area contributed by atoms with E-state index < -0.39 is 18.9 Å². The van der Waals surface area contributed by atoms with Crippen LogP contribution in [0.15, 0.2) is 6.07 Å². The average Bonchev–Trinajstić information content (AvgIpc) is 2.78. The molecule has 3 N–H and O–H groups in total. The van der Waals surface area contributed by atoms with E-state index in [1.54, 1.807) is 6.07 Å². The highest BCUT2D eigenvalue weighted by molar-refractivity contribution is 7.18. The first kappa shape index (κ1) is 14.8. The molecule has 0 atom stereocenters. The molecule has 0 unspecified atom stereocenters. The van der Waals surface area contributed by atoms with Gasteiger partial charge in [-0.3, -0.25) is 0 Å². The van der Waals surface area contributed by atoms with Gasteiger partial charge >= 0.3 is 12.3 Å². The Morgan fingerprint density at radius 3 is 2.70 bits per heavy atom. The van der Waals surface area contributed by atoms with E-state index in [1.165, 1.54) is 11.3 Å². The highest BCUT2D eigenvalue weighted by atomic mass is 32.1. The van der Waals surface area contributed by atoms with E-state index in [0.29, 0.717) is 10.2 Å². The molecular weight excluding hydrogens is 296 g/mol. The first-order valence-corrected chi connectivity index (χ1v) is 6.61. The van der Waals surface area contributed by atoms with Crippen molar-refractivity contribution in [2.45, 2.75) is 25.7 Å². The van der Waals surface area contributed by atoms with Crippen molar-refractivity contribution in [2.24, 2.45) is 0 Å². The lowest BCUT2D eigenvalue weighted by Gasteiger charge is -2.16. The molecule has 9 heteroatoms. The minimum absolute atomic E-state index is 0.0452. The van der Waals surface area contributed by atoms with E-state index in [-0.39, 0.29) is 11.8 Å². The third-order valence-corrected chi connectivity index (χ3v) is 3.79. The number of aryl methyl sites for hydroxylation is 1. The molecule has 0 spiro atoms. The maximum atomic E-state index is 12.9. The second-order valence-corrected chi connectivity index (χ2v) is 5.25. The fourth-order valence-electron chi connectivity index (χ4n) is 1.58. The first-order valence-electron chi connectivity index (χ1n) is 5.79. The molecule has 0 amide bonds. The molecule has 0 aromatic carbocycles. The van der Waals surface area contributed by atoms with Crippen LogP contribution in [0.1, 0.15) is 11.8 Å². The van der Waals surface area contributed by atoms with E-state index in [9.17, 15) is 17.6 Å². The zero-order valence-corrected chi connectivity index (χ0v) is 11.3. The van der Waals surface area contributed by atoms with Crippen molar-refractivity contribution < 1.29 is 17.6 Å². The largest absolute Gasteiger partial charge is 0.368 e. The predicted molar refractivity (Wildman–Crippen MR) is 70.6 cm³/mol. The second kappa shape index (κ2) is 5.39. The number of nitrogens with zero attached hydrogens (tertiary/aromatic N) is 2. The molecule has 0 radical (unpaired) electrons. The molecule has 0 saturated heterocycles. The Labute approximate surface area is 116 Å². The summed E-state index contributed by atoms with van der Waals surface area (Å²) in [6.45, 7) is 0.715. The van der Waals surface area contributed by atoms with Gasteiger partial charge in [0, 0.05) is 4.88 Å². The van der Waals surface area contributed by atoms with Crippen LogP contribution in [0.25, 0.3) is 10.2 Å². The Hall–Kier alpha value is -1.64. The minimum Gasteiger partial charge on any atom is -0.368 e. The number of halogens is 4. The predicted octanol–water partition coefficient (Wildman–Crippen LogP) is 3.15. The molecule has 0 fully saturated rings. The lowest BCUT2D eigenvalue weighted by molar-refractivity contribution is -0.117. The fourth-order valence-corrected chi connectivity index (χ4v) is 2.55. The molecule has 4 nitrogen and oxygen atoms in total. The van der Waals surface area contributed by atoms with Crippen molar-refractivity contribution in [1.29, 1.82) is 0 Å². The number of hydrogen-bond donors (Lipinski definition) is 2. The zero-order chi connectivity index (χ0) is 14.9. The molecule has 0 aliphatic rings. The number of fused-ring (bicyclic) bond motifs is 1. The maximum absolute atomic E-state index is 12.9. The number of nitrogens with two attached hydrogens (primary N) is 1. The standard InChI is InChI=1S/C11H12F4N4S/c1-2-5-3-6-7(17-4-11(14,15)9(12)13)18-10(16)19-8(6)20-5/h3,9H,2,4H2,1H3,(H3,16,17,18,19). The average molecular weight is 308 g/mol. The SMILES string of the molecule is CCc1cc2c(NCC(F)(F)C(F)F)nc(N)nc2s1. The van der Waals surface area contributed by atoms with Crippen molar-refractivity contribution in [1.82, 2.24) is 9.97 Å². The smallest absolute Gasteiger partial charge is 0.324 e. The number of aromatic nitrogens is 2. The summed E-state index contributed by atoms with van der Waals surface area (Å²) in [5.41, 5.74) is 5.48. The van der Waals surface area contributed by atoms with E-state index >= 15 is 0 Å². The summed E-state index contributed by atoms with van der Waals surface area (Å²) in [4.78, 5) is 9.30. The van der Waals surface area contributed by atoms with Gasteiger partial charge in [0.1, 0.15) is 10.6 Å². The Balaban J connectivity index is 2.31. The van der Waals surface area contributed by atoms with Gasteiger partial charge in [-0.05, 0) is 12.5 Å². The van der Waals surface area contributed by atoms with E-state index in [1.807, 2.05) is 6.92 Å². The number of thiophene rings is 1. The summed E-state index contributed by atoms with van der Waals surface area (Å²) in [5, 5.41) is 2.74. The van der Waals surface area contributed by atoms with Gasteiger partial charge in [-0.2, -0.15) is 13.8 Å². The van der Waals surface area contributed by atoms with Crippen molar-refractivity contribution in [3.63, 3.8) is 0 Å². The number of anilines is 2. The van der Waals surface area contributed by atoms with E-state index in [4.69, 9.17) is 5.73 Å². The number of hydrogen-bond acceptors (Lipinski definition) is 5. The molecule has 2 heterocycles. The Morgan fingerprint density at radius 1 is 1.40 bits per heavy atom. The van der Waals surface area contributed by atoms with Crippen molar-refractivity contribution in [3.8, 4) is 0 Å². The van der Waals surface area contributed by atoms with Crippen molar-refractivity contribution in [2.75, 3.05) is 17.6 Å². The summed E-state index contributed by atoms with van der Waals surface area (Å²) in [7, 11) is 0. The maximum Gasteiger partial charge on any atom is 0.324 e. The van der Waals surface area contributed by atoms with Crippen LogP contribution >= 0.6 is 11.3 Å². The normalized spacial score (nSPS) is 12.3. The lowest BCUT2D eigenvalue weighted by atomic mass is 10.3. The monoisotopic (exact) mass is 308 g/mol. The van der Waals surface area contributed by atoms with Crippen LogP contribution in [0, 0.1) is 0 Å². The van der Waals surface area contributed by atoms with Crippen LogP contribution in [0.4, 0.5) is 29.3 Å². The number of alkyl halides is 4. The number of nitrogens with one attached hydrogen (secondary N) is 1. The topological polar surface area (TPSA) is 63.8 Å². The van der Waals surface area contributed by atoms with Gasteiger partial charge in [0.05, 0.1) is 11.9 Å². The highest BCUT2D eigenvalue weighted by Gasteiger charge is 2.40. The Morgan fingerprint density at radius 2 is 2.10 bits per heavy atom. The van der Waals surface area contributed by atoms with Crippen LogP contribution < -0.4 is 11.1 Å². The molecule has 0 aliphatic carbocycles. The van der Waals surface area contributed by atoms with Crippen LogP contribution in [0.3, 0.4) is 0 Å². The number of nitrogen functional groups attached to an aromatic ring is 1. The molecule has 0 aliphatic heterocycles. The quantitative estimate of drug-likeness (QED) is 0.833. The summed E-state index contributed by atoms with van der Waals surface area (Å²) >= 11 is 1.36. The molecule has 0 saturated carbocycles. The second-order valence-electron chi connectivity index (χ2n) is 4.13. The van der Waals surface area contributed by atoms with Gasteiger partial charge < -0.3 is 11.1 Å². The third kappa shape index (κ3) is 2.92. The molecule has 20 heavy (non-hydrogen) atoms. The van der Waals surface area contributed by atoms with Crippen LogP contribution in [0.5, 0.6) is 0 Å². The summed E-state index contributed by atoms with van der Waals surface area (Å²) in [6.07, 6.45) is -2.99. The lowest BCUT2D eigenvalue weighted by Crippen LogP contribution is -2.35. The summed E-state index contributed by atoms with van der Waals surface area (Å²) in [6, 6.07) is 1.74. The van der Waals surface area contributed by atoms with Gasteiger partial charge in [-0.1, -0.05) is 6.92 Å². The highest BCUT2D eigenvalue weighted by Crippen LogP contribution is 2.31. The first-order chi connectivity index (χ1) is 9.33. The molecule has 2 aromatic heterocycles. The number of rotatable bonds is 5. The Bertz CT molecular complexity index is 614. The molecule has 0 bridgehead atoms. The van der Waals surface area contributed by atoms with Gasteiger partial charge in [-0.15, -0.1) is 11.3 Å². The van der Waals surface area contributed by atoms with Crippen molar-refractivity contribution in [3.05, 3.63) is 10.9 Å². The Kier molecular flexibility index (Phi) is 3.98. The summed E-state index contributed by atoms with van der Waals surface area (Å²) < 4.78 is 50.1. The van der Waals surface area contributed by atoms with Crippen molar-refractivity contribution >= 4 is 33.3 Å². The van der Waals surface area contributed by atoms with Gasteiger partial charge in [0.25, 0.3) is 0 Å². The molecule has 2 rings (SSSR count). The fraction of sp³-hybridized carbons (Fsp3) is 0.455. The van der Waals surface area contributed by atoms with E-state index in [2.05, 4.69) is 15.3 Å². The van der Waals surface area contributed by atoms with E-state index in [0.717, 1.165) is 11.3 Å².